The monoisotopic (exact) mass is 549 g/mol. The molecule has 0 spiro atoms. The summed E-state index contributed by atoms with van der Waals surface area (Å²) in [6, 6.07) is 16.3. The predicted octanol–water partition coefficient (Wildman–Crippen LogP) is 6.58. The van der Waals surface area contributed by atoms with Crippen LogP contribution in [0.5, 0.6) is 0 Å². The SMILES string of the molecule is COCc1cc(-c2nc(-c3cc(CN(C)CC(=O)OC(C)(C)C)cc(F)c3F)no2)ccc1-c1ccccc1C. The third kappa shape index (κ3) is 6.97. The highest BCUT2D eigenvalue weighted by molar-refractivity contribution is 5.74. The number of aryl methyl sites for hydroxylation is 1. The Kier molecular flexibility index (Phi) is 8.76. The highest BCUT2D eigenvalue weighted by atomic mass is 19.2. The first kappa shape index (κ1) is 29.0. The molecule has 0 atom stereocenters. The van der Waals surface area contributed by atoms with E-state index in [4.69, 9.17) is 14.0 Å². The van der Waals surface area contributed by atoms with Gasteiger partial charge in [-0.1, -0.05) is 35.5 Å². The number of carbonyl (C=O) groups excluding carboxylic acids is 1. The quantitative estimate of drug-likeness (QED) is 0.218. The summed E-state index contributed by atoms with van der Waals surface area (Å²) in [5, 5.41) is 3.93. The van der Waals surface area contributed by atoms with Gasteiger partial charge in [0, 0.05) is 19.2 Å². The molecule has 0 saturated carbocycles. The Labute approximate surface area is 232 Å². The number of rotatable bonds is 9. The molecule has 0 aliphatic rings. The number of benzene rings is 3. The van der Waals surface area contributed by atoms with E-state index in [1.54, 1.807) is 39.8 Å². The van der Waals surface area contributed by atoms with Crippen LogP contribution in [0.2, 0.25) is 0 Å². The average molecular weight is 550 g/mol. The number of methoxy groups -OCH3 is 1. The van der Waals surface area contributed by atoms with Gasteiger partial charge in [-0.25, -0.2) is 8.78 Å². The van der Waals surface area contributed by atoms with Gasteiger partial charge in [0.15, 0.2) is 11.6 Å². The number of esters is 1. The summed E-state index contributed by atoms with van der Waals surface area (Å²) in [5.74, 6) is -2.47. The van der Waals surface area contributed by atoms with Crippen molar-refractivity contribution in [3.63, 3.8) is 0 Å². The van der Waals surface area contributed by atoms with Crippen LogP contribution in [0.1, 0.15) is 37.5 Å². The van der Waals surface area contributed by atoms with Crippen LogP contribution in [0.15, 0.2) is 59.1 Å². The lowest BCUT2D eigenvalue weighted by molar-refractivity contribution is -0.155. The second-order valence-electron chi connectivity index (χ2n) is 10.7. The van der Waals surface area contributed by atoms with Gasteiger partial charge in [0.05, 0.1) is 18.7 Å². The molecule has 9 heteroatoms. The standard InChI is InChI=1S/C31H33F2N3O4/c1-19-9-7-8-10-23(19)24-12-11-21(15-22(24)18-38-6)30-34-29(35-40-30)25-13-20(14-26(32)28(25)33)16-36(5)17-27(37)39-31(2,3)4/h7-15H,16-18H2,1-6H3. The zero-order chi connectivity index (χ0) is 29.0. The van der Waals surface area contributed by atoms with Gasteiger partial charge in [-0.3, -0.25) is 9.69 Å². The summed E-state index contributed by atoms with van der Waals surface area (Å²) < 4.78 is 45.7. The maximum atomic E-state index is 14.9. The number of carbonyl (C=O) groups is 1. The lowest BCUT2D eigenvalue weighted by Crippen LogP contribution is -2.32. The van der Waals surface area contributed by atoms with Crippen molar-refractivity contribution in [2.24, 2.45) is 0 Å². The number of ether oxygens (including phenoxy) is 2. The molecule has 0 saturated heterocycles. The minimum atomic E-state index is -1.08. The van der Waals surface area contributed by atoms with E-state index in [1.165, 1.54) is 6.07 Å². The highest BCUT2D eigenvalue weighted by Crippen LogP contribution is 2.32. The van der Waals surface area contributed by atoms with Crippen molar-refractivity contribution in [2.75, 3.05) is 20.7 Å². The Hall–Kier alpha value is -3.95. The van der Waals surface area contributed by atoms with Crippen LogP contribution >= 0.6 is 0 Å². The first-order valence-corrected chi connectivity index (χ1v) is 12.9. The van der Waals surface area contributed by atoms with Crippen LogP contribution in [-0.4, -0.2) is 47.3 Å². The van der Waals surface area contributed by atoms with E-state index in [1.807, 2.05) is 49.4 Å². The lowest BCUT2D eigenvalue weighted by Gasteiger charge is -2.22. The molecule has 4 aromatic rings. The zero-order valence-electron chi connectivity index (χ0n) is 23.5. The molecule has 0 aliphatic carbocycles. The van der Waals surface area contributed by atoms with Crippen molar-refractivity contribution >= 4 is 5.97 Å². The van der Waals surface area contributed by atoms with Gasteiger partial charge in [0.25, 0.3) is 5.89 Å². The molecule has 0 unspecified atom stereocenters. The van der Waals surface area contributed by atoms with Gasteiger partial charge in [-0.2, -0.15) is 4.98 Å². The fourth-order valence-corrected chi connectivity index (χ4v) is 4.45. The summed E-state index contributed by atoms with van der Waals surface area (Å²) in [4.78, 5) is 18.2. The van der Waals surface area contributed by atoms with E-state index in [2.05, 4.69) is 10.1 Å². The maximum Gasteiger partial charge on any atom is 0.320 e. The Balaban J connectivity index is 1.60. The molecule has 3 aromatic carbocycles. The van der Waals surface area contributed by atoms with Crippen LogP contribution < -0.4 is 0 Å². The third-order valence-corrected chi connectivity index (χ3v) is 6.11. The second kappa shape index (κ2) is 12.1. The van der Waals surface area contributed by atoms with Gasteiger partial charge in [0.1, 0.15) is 5.60 Å². The van der Waals surface area contributed by atoms with Crippen molar-refractivity contribution in [3.8, 4) is 34.0 Å². The van der Waals surface area contributed by atoms with Gasteiger partial charge < -0.3 is 14.0 Å². The number of hydrogen-bond donors (Lipinski definition) is 0. The molecule has 4 rings (SSSR count). The van der Waals surface area contributed by atoms with Crippen LogP contribution in [0.4, 0.5) is 8.78 Å². The Bertz CT molecular complexity index is 1510. The highest BCUT2D eigenvalue weighted by Gasteiger charge is 2.21. The zero-order valence-corrected chi connectivity index (χ0v) is 23.5. The lowest BCUT2D eigenvalue weighted by atomic mass is 9.94. The van der Waals surface area contributed by atoms with Gasteiger partial charge in [-0.05, 0) is 86.8 Å². The molecule has 1 aromatic heterocycles. The number of hydrogen-bond acceptors (Lipinski definition) is 7. The van der Waals surface area contributed by atoms with E-state index >= 15 is 0 Å². The largest absolute Gasteiger partial charge is 0.459 e. The molecule has 7 nitrogen and oxygen atoms in total. The average Bonchev–Trinajstić information content (AvgIpc) is 3.35. The molecule has 40 heavy (non-hydrogen) atoms. The molecule has 0 aliphatic heterocycles. The van der Waals surface area contributed by atoms with Crippen molar-refractivity contribution in [1.29, 1.82) is 0 Å². The molecular formula is C31H33F2N3O4. The summed E-state index contributed by atoms with van der Waals surface area (Å²) in [6.45, 7) is 7.90. The minimum absolute atomic E-state index is 0.0136. The van der Waals surface area contributed by atoms with Crippen LogP contribution in [-0.2, 0) is 27.4 Å². The molecule has 0 amide bonds. The number of aromatic nitrogens is 2. The normalized spacial score (nSPS) is 11.7. The van der Waals surface area contributed by atoms with Gasteiger partial charge in [0.2, 0.25) is 5.82 Å². The molecule has 1 heterocycles. The minimum Gasteiger partial charge on any atom is -0.459 e. The molecule has 0 radical (unpaired) electrons. The van der Waals surface area contributed by atoms with E-state index < -0.39 is 23.2 Å². The van der Waals surface area contributed by atoms with Gasteiger partial charge >= 0.3 is 5.97 Å². The first-order chi connectivity index (χ1) is 18.9. The molecule has 0 fully saturated rings. The summed E-state index contributed by atoms with van der Waals surface area (Å²) >= 11 is 0. The van der Waals surface area contributed by atoms with Crippen LogP contribution in [0.25, 0.3) is 34.0 Å². The predicted molar refractivity (Wildman–Crippen MR) is 148 cm³/mol. The Morgan fingerprint density at radius 3 is 2.48 bits per heavy atom. The number of nitrogens with zero attached hydrogens (tertiary/aromatic N) is 3. The van der Waals surface area contributed by atoms with Crippen molar-refractivity contribution in [2.45, 2.75) is 46.4 Å². The van der Waals surface area contributed by atoms with Crippen molar-refractivity contribution < 1.29 is 27.6 Å². The van der Waals surface area contributed by atoms with E-state index in [0.717, 1.165) is 28.3 Å². The first-order valence-electron chi connectivity index (χ1n) is 12.9. The van der Waals surface area contributed by atoms with Crippen molar-refractivity contribution in [1.82, 2.24) is 15.0 Å². The third-order valence-electron chi connectivity index (χ3n) is 6.11. The van der Waals surface area contributed by atoms with E-state index in [0.29, 0.717) is 17.7 Å². The molecule has 0 bridgehead atoms. The van der Waals surface area contributed by atoms with Crippen molar-refractivity contribution in [3.05, 3.63) is 82.9 Å². The number of halogens is 2. The molecular weight excluding hydrogens is 516 g/mol. The topological polar surface area (TPSA) is 77.7 Å². The summed E-state index contributed by atoms with van der Waals surface area (Å²) in [7, 11) is 3.31. The fourth-order valence-electron chi connectivity index (χ4n) is 4.45. The summed E-state index contributed by atoms with van der Waals surface area (Å²) in [5.41, 5.74) is 4.45. The Morgan fingerprint density at radius 2 is 1.77 bits per heavy atom. The smallest absolute Gasteiger partial charge is 0.320 e. The summed E-state index contributed by atoms with van der Waals surface area (Å²) in [6.07, 6.45) is 0. The van der Waals surface area contributed by atoms with Crippen LogP contribution in [0, 0.1) is 18.6 Å². The second-order valence-corrected chi connectivity index (χ2v) is 10.7. The van der Waals surface area contributed by atoms with E-state index in [9.17, 15) is 13.6 Å². The fraction of sp³-hybridized carbons (Fsp3) is 0.323. The van der Waals surface area contributed by atoms with Crippen LogP contribution in [0.3, 0.4) is 0 Å². The molecule has 210 valence electrons. The van der Waals surface area contributed by atoms with Gasteiger partial charge in [-0.15, -0.1) is 0 Å². The molecule has 0 N–H and O–H groups in total. The number of likely N-dealkylation sites (N-methyl/N-ethyl adjacent to an activating group) is 1. The Morgan fingerprint density at radius 1 is 1.02 bits per heavy atom. The van der Waals surface area contributed by atoms with E-state index in [-0.39, 0.29) is 30.4 Å². The maximum absolute atomic E-state index is 14.9.